The Kier molecular flexibility index (Phi) is 54.4. The molecule has 0 fully saturated rings. The normalized spacial score (nSPS) is 2.57. The van der Waals surface area contributed by atoms with Crippen molar-refractivity contribution in [3.8, 4) is 0.328 Å². The van der Waals surface area contributed by atoms with Gasteiger partial charge in [-0.2, -0.15) is 0 Å². The molecule has 0 N–H and O–H groups in total. The predicted molar refractivity (Wildman–Crippen MR) is 22.7 cm³/mol. The maximum Gasteiger partial charge on any atom is 0 e. The van der Waals surface area contributed by atoms with Crippen molar-refractivity contribution in [2.24, 2.45) is 0 Å². The zero-order valence-electron chi connectivity index (χ0n) is 4.20. The Morgan fingerprint density at radius 3 is 1.00 bits per heavy atom. The molecule has 1 radical (unpaired) electrons. The van der Waals surface area contributed by atoms with E-state index in [1.54, 1.807) is 0 Å². The van der Waals surface area contributed by atoms with E-state index in [0.717, 1.165) is 0 Å². The van der Waals surface area contributed by atoms with E-state index in [-0.39, 0.29) is 22.4 Å². The van der Waals surface area contributed by atoms with Gasteiger partial charge in [0, 0.05) is 22.4 Å². The summed E-state index contributed by atoms with van der Waals surface area (Å²) in [6.45, 7) is 0. The molecule has 2 nitrogen and oxygen atoms in total. The molecule has 31 valence electrons. The van der Waals surface area contributed by atoms with Gasteiger partial charge < -0.3 is 0 Å². The van der Waals surface area contributed by atoms with Gasteiger partial charge in [-0.25, -0.2) is 0 Å². The first-order chi connectivity index (χ1) is 2.83. The van der Waals surface area contributed by atoms with Crippen LogP contribution >= 0.6 is 0 Å². The van der Waals surface area contributed by atoms with Crippen molar-refractivity contribution >= 4 is 97.9 Å². The Balaban J connectivity index is -0.0000000400. The van der Waals surface area contributed by atoms with Gasteiger partial charge in [0.05, 0.1) is 0 Å². The molecule has 0 amide bonds. The van der Waals surface area contributed by atoms with Crippen LogP contribution in [0.4, 0.5) is 0 Å². The van der Waals surface area contributed by atoms with Gasteiger partial charge in [-0.05, 0) is 0 Å². The second-order valence-electron chi connectivity index (χ2n) is 0.447. The fourth-order valence-electron chi connectivity index (χ4n) is 0. The molecule has 0 unspecified atom stereocenters. The van der Waals surface area contributed by atoms with E-state index in [2.05, 4.69) is 0 Å². The predicted octanol–water partition coefficient (Wildman–Crippen LogP) is -0.731. The van der Waals surface area contributed by atoms with Crippen LogP contribution in [-0.4, -0.2) is 97.9 Å². The maximum absolute atomic E-state index is 7.40. The smallest absolute Gasteiger partial charge is 0 e. The maximum atomic E-state index is 7.40. The number of rotatable bonds is 0. The molecule has 0 aromatic heterocycles. The molecule has 0 aliphatic heterocycles. The van der Waals surface area contributed by atoms with Gasteiger partial charge in [0.25, 0.3) is 0 Å². The van der Waals surface area contributed by atoms with Crippen molar-refractivity contribution in [1.29, 1.82) is 10.5 Å². The van der Waals surface area contributed by atoms with Gasteiger partial charge in [-0.15, -0.1) is 0 Å². The van der Waals surface area contributed by atoms with Crippen LogP contribution in [0.5, 0.6) is 0 Å². The second-order valence-corrected chi connectivity index (χ2v) is 1.84. The topological polar surface area (TPSA) is 47.6 Å². The molecule has 0 rings (SSSR count). The minimum Gasteiger partial charge on any atom is 0 e. The van der Waals surface area contributed by atoms with Crippen LogP contribution in [0.25, 0.3) is 0 Å². The Morgan fingerprint density at radius 2 is 1.00 bits per heavy atom. The SMILES string of the molecule is N#[C][K].N#[C][K].[Ag]. The standard InChI is InChI=1S/2CN.Ag.2K/c2*1-2;;;. The monoisotopic (exact) mass is 237 g/mol. The molecule has 0 aromatic carbocycles. The van der Waals surface area contributed by atoms with Gasteiger partial charge in [0.15, 0.2) is 0 Å². The number of hydrogen-bond donors (Lipinski definition) is 0. The average molecular weight is 238 g/mol. The van der Waals surface area contributed by atoms with E-state index in [1.807, 2.05) is 0.328 Å². The van der Waals surface area contributed by atoms with Gasteiger partial charge in [-0.1, -0.05) is 0 Å². The number of hydrogen-bond acceptors (Lipinski definition) is 2. The van der Waals surface area contributed by atoms with Crippen LogP contribution in [0.2, 0.25) is 0 Å². The Labute approximate surface area is 127 Å². The summed E-state index contributed by atoms with van der Waals surface area (Å²) in [5.74, 6) is 0. The van der Waals surface area contributed by atoms with Gasteiger partial charge in [0.2, 0.25) is 0 Å². The molecule has 0 heterocycles. The van der Waals surface area contributed by atoms with E-state index in [0.29, 0.717) is 97.9 Å². The summed E-state index contributed by atoms with van der Waals surface area (Å²) in [5, 5.41) is 14.8. The van der Waals surface area contributed by atoms with Crippen LogP contribution in [0.1, 0.15) is 0 Å². The Morgan fingerprint density at radius 1 is 1.00 bits per heavy atom. The quantitative estimate of drug-likeness (QED) is 0.522. The molecule has 0 aliphatic carbocycles. The minimum absolute atomic E-state index is 0. The largest absolute Gasteiger partial charge is 0 e. The second kappa shape index (κ2) is 23.0. The summed E-state index contributed by atoms with van der Waals surface area (Å²) in [4.78, 5) is 0. The van der Waals surface area contributed by atoms with Gasteiger partial charge in [0.1, 0.15) is 0 Å². The summed E-state index contributed by atoms with van der Waals surface area (Å²) in [6, 6.07) is 0. The van der Waals surface area contributed by atoms with E-state index < -0.39 is 0 Å². The van der Waals surface area contributed by atoms with Crippen molar-refractivity contribution < 1.29 is 22.4 Å². The molecule has 0 aliphatic rings. The molecular formula is C2AgK2N2. The summed E-state index contributed by atoms with van der Waals surface area (Å²) < 4.78 is 3.88. The van der Waals surface area contributed by atoms with E-state index in [4.69, 9.17) is 10.5 Å². The first-order valence-electron chi connectivity index (χ1n) is 1.45. The molecule has 5 heteroatoms. The first-order valence-corrected chi connectivity index (χ1v) is 4.57. The molecule has 0 spiro atoms. The molecule has 0 bridgehead atoms. The zero-order valence-corrected chi connectivity index (χ0v) is 11.9. The molecule has 0 aromatic rings. The van der Waals surface area contributed by atoms with Crippen molar-refractivity contribution in [3.05, 3.63) is 0 Å². The van der Waals surface area contributed by atoms with Crippen LogP contribution in [-0.2, 0) is 22.4 Å². The van der Waals surface area contributed by atoms with E-state index in [9.17, 15) is 0 Å². The first kappa shape index (κ1) is 16.5. The summed E-state index contributed by atoms with van der Waals surface area (Å²) >= 11 is 0.819. The van der Waals surface area contributed by atoms with E-state index in [1.165, 1.54) is 0 Å². The third kappa shape index (κ3) is 49.1. The third-order valence-electron chi connectivity index (χ3n) is 0. The Hall–Kier alpha value is 2.99. The van der Waals surface area contributed by atoms with Crippen molar-refractivity contribution in [3.63, 3.8) is 0 Å². The molecule has 0 saturated heterocycles. The molecule has 0 saturated carbocycles. The summed E-state index contributed by atoms with van der Waals surface area (Å²) in [6.07, 6.45) is 0. The van der Waals surface area contributed by atoms with Gasteiger partial charge in [-0.3, -0.25) is 0 Å². The van der Waals surface area contributed by atoms with E-state index >= 15 is 0 Å². The zero-order chi connectivity index (χ0) is 5.41. The van der Waals surface area contributed by atoms with Crippen LogP contribution in [0, 0.1) is 10.9 Å². The van der Waals surface area contributed by atoms with Crippen LogP contribution < -0.4 is 0 Å². The average Bonchev–Trinajstić information content (AvgIpc) is 1.39. The fourth-order valence-corrected chi connectivity index (χ4v) is 0. The van der Waals surface area contributed by atoms with Crippen LogP contribution in [0.3, 0.4) is 0 Å². The number of nitrogens with zero attached hydrogens (tertiary/aromatic N) is 2. The molecule has 7 heavy (non-hydrogen) atoms. The summed E-state index contributed by atoms with van der Waals surface area (Å²) in [7, 11) is 0. The molecular weight excluding hydrogens is 238 g/mol. The number of nitriles is 2. The Bertz CT molecular complexity index is 68.7. The van der Waals surface area contributed by atoms with Crippen molar-refractivity contribution in [2.75, 3.05) is 0 Å². The molecule has 0 atom stereocenters. The van der Waals surface area contributed by atoms with Gasteiger partial charge >= 0.3 is 109 Å². The third-order valence-corrected chi connectivity index (χ3v) is 0. The van der Waals surface area contributed by atoms with Crippen molar-refractivity contribution in [2.45, 2.75) is 0 Å². The summed E-state index contributed by atoms with van der Waals surface area (Å²) in [5.41, 5.74) is 0. The fraction of sp³-hybridized carbons (Fsp3) is 0. The van der Waals surface area contributed by atoms with Crippen LogP contribution in [0.15, 0.2) is 0 Å². The van der Waals surface area contributed by atoms with Crippen molar-refractivity contribution in [1.82, 2.24) is 0 Å². The minimum atomic E-state index is 0.